The van der Waals surface area contributed by atoms with Crippen molar-refractivity contribution in [2.75, 3.05) is 5.32 Å². The monoisotopic (exact) mass is 449 g/mol. The van der Waals surface area contributed by atoms with E-state index in [2.05, 4.69) is 61.4 Å². The van der Waals surface area contributed by atoms with Crippen LogP contribution in [0.5, 0.6) is 0 Å². The van der Waals surface area contributed by atoms with Crippen molar-refractivity contribution < 1.29 is 0 Å². The maximum atomic E-state index is 4.94. The smallest absolute Gasteiger partial charge is 0.147 e. The number of aryl methyl sites for hydroxylation is 1. The highest BCUT2D eigenvalue weighted by atomic mass is 15.1. The maximum absolute atomic E-state index is 4.94. The lowest BCUT2D eigenvalue weighted by atomic mass is 10.1. The summed E-state index contributed by atoms with van der Waals surface area (Å²) in [4.78, 5) is 21.7. The molecule has 3 N–H and O–H groups in total. The summed E-state index contributed by atoms with van der Waals surface area (Å²) >= 11 is 0. The average Bonchev–Trinajstić information content (AvgIpc) is 3.55. The molecule has 6 rings (SSSR count). The lowest BCUT2D eigenvalue weighted by Gasteiger charge is -2.10. The zero-order valence-corrected chi connectivity index (χ0v) is 19.0. The maximum Gasteiger partial charge on any atom is 0.147 e. The van der Waals surface area contributed by atoms with Crippen molar-refractivity contribution in [3.63, 3.8) is 0 Å². The molecule has 0 aromatic carbocycles. The molecule has 9 nitrogen and oxygen atoms in total. The number of hydrogen-bond donors (Lipinski definition) is 3. The quantitative estimate of drug-likeness (QED) is 0.346. The Hall–Kier alpha value is -4.53. The van der Waals surface area contributed by atoms with Gasteiger partial charge in [-0.05, 0) is 51.1 Å². The fourth-order valence-corrected chi connectivity index (χ4v) is 4.15. The molecule has 6 aromatic heterocycles. The summed E-state index contributed by atoms with van der Waals surface area (Å²) in [5.41, 5.74) is 7.93. The van der Waals surface area contributed by atoms with Crippen LogP contribution in [0.1, 0.15) is 19.5 Å². The number of anilines is 1. The van der Waals surface area contributed by atoms with Gasteiger partial charge in [0.15, 0.2) is 0 Å². The number of aromatic amines is 2. The van der Waals surface area contributed by atoms with E-state index in [4.69, 9.17) is 4.98 Å². The molecule has 0 fully saturated rings. The molecular weight excluding hydrogens is 426 g/mol. The van der Waals surface area contributed by atoms with E-state index < -0.39 is 0 Å². The Balaban J connectivity index is 1.45. The van der Waals surface area contributed by atoms with Crippen molar-refractivity contribution in [1.82, 2.24) is 39.7 Å². The highest BCUT2D eigenvalue weighted by Crippen LogP contribution is 2.31. The van der Waals surface area contributed by atoms with Gasteiger partial charge in [0.2, 0.25) is 0 Å². The molecule has 168 valence electrons. The minimum absolute atomic E-state index is 0.320. The van der Waals surface area contributed by atoms with Crippen LogP contribution in [0.25, 0.3) is 50.4 Å². The number of nitrogens with one attached hydrogen (secondary N) is 3. The summed E-state index contributed by atoms with van der Waals surface area (Å²) in [6.45, 7) is 6.16. The largest absolute Gasteiger partial charge is 0.382 e. The molecule has 9 heteroatoms. The molecule has 6 aromatic rings. The number of pyridine rings is 3. The molecule has 0 radical (unpaired) electrons. The van der Waals surface area contributed by atoms with Crippen molar-refractivity contribution in [3.8, 4) is 28.5 Å². The Bertz CT molecular complexity index is 1640. The van der Waals surface area contributed by atoms with Gasteiger partial charge < -0.3 is 10.3 Å². The van der Waals surface area contributed by atoms with Crippen LogP contribution in [-0.2, 0) is 0 Å². The number of aromatic nitrogens is 8. The van der Waals surface area contributed by atoms with Crippen LogP contribution in [-0.4, -0.2) is 45.7 Å². The molecule has 6 heterocycles. The molecule has 0 aliphatic carbocycles. The third-order valence-corrected chi connectivity index (χ3v) is 5.64. The highest BCUT2D eigenvalue weighted by Gasteiger charge is 2.16. The highest BCUT2D eigenvalue weighted by molar-refractivity contribution is 5.96. The standard InChI is InChI=1S/C25H23N9/c1-14(2)29-17-8-16(10-26-11-17)19-4-5-21-23(31-19)24(33-32-21)22-9-18-20(30-22)6-7-27-25(18)34-12-15(3)28-13-34/h4-14,29-30H,1-3H3,(H,32,33). The zero-order chi connectivity index (χ0) is 23.2. The van der Waals surface area contributed by atoms with E-state index in [9.17, 15) is 0 Å². The van der Waals surface area contributed by atoms with Crippen LogP contribution >= 0.6 is 0 Å². The second-order valence-corrected chi connectivity index (χ2v) is 8.63. The second-order valence-electron chi connectivity index (χ2n) is 8.63. The molecule has 34 heavy (non-hydrogen) atoms. The van der Waals surface area contributed by atoms with Crippen molar-refractivity contribution in [3.05, 3.63) is 67.1 Å². The second kappa shape index (κ2) is 7.80. The fourth-order valence-electron chi connectivity index (χ4n) is 4.15. The molecule has 0 aliphatic heterocycles. The number of rotatable bonds is 5. The number of hydrogen-bond acceptors (Lipinski definition) is 6. The van der Waals surface area contributed by atoms with Crippen molar-refractivity contribution in [1.29, 1.82) is 0 Å². The minimum atomic E-state index is 0.320. The van der Waals surface area contributed by atoms with E-state index in [-0.39, 0.29) is 0 Å². The van der Waals surface area contributed by atoms with Crippen LogP contribution in [0.2, 0.25) is 0 Å². The Labute approximate surface area is 195 Å². The van der Waals surface area contributed by atoms with E-state index >= 15 is 0 Å². The first-order valence-corrected chi connectivity index (χ1v) is 11.1. The summed E-state index contributed by atoms with van der Waals surface area (Å²) in [7, 11) is 0. The van der Waals surface area contributed by atoms with Gasteiger partial charge in [-0.2, -0.15) is 5.10 Å². The molecule has 0 aliphatic rings. The minimum Gasteiger partial charge on any atom is -0.382 e. The van der Waals surface area contributed by atoms with Crippen LogP contribution in [0.3, 0.4) is 0 Å². The summed E-state index contributed by atoms with van der Waals surface area (Å²) in [5.74, 6) is 0.814. The van der Waals surface area contributed by atoms with E-state index in [1.54, 1.807) is 12.5 Å². The third-order valence-electron chi connectivity index (χ3n) is 5.64. The Morgan fingerprint density at radius 1 is 1.03 bits per heavy atom. The van der Waals surface area contributed by atoms with Crippen LogP contribution in [0.4, 0.5) is 5.69 Å². The first-order chi connectivity index (χ1) is 16.5. The molecule has 0 spiro atoms. The van der Waals surface area contributed by atoms with Crippen LogP contribution in [0, 0.1) is 6.92 Å². The number of imidazole rings is 1. The van der Waals surface area contributed by atoms with Gasteiger partial charge in [0, 0.05) is 41.8 Å². The van der Waals surface area contributed by atoms with Crippen LogP contribution < -0.4 is 5.32 Å². The van der Waals surface area contributed by atoms with Crippen molar-refractivity contribution in [2.24, 2.45) is 0 Å². The Kier molecular flexibility index (Phi) is 4.61. The molecule has 0 saturated carbocycles. The summed E-state index contributed by atoms with van der Waals surface area (Å²) < 4.78 is 1.93. The topological polar surface area (TPSA) is 113 Å². The van der Waals surface area contributed by atoms with Gasteiger partial charge in [0.1, 0.15) is 23.4 Å². The number of H-pyrrole nitrogens is 2. The molecule has 0 amide bonds. The molecule has 0 saturated heterocycles. The lowest BCUT2D eigenvalue weighted by Crippen LogP contribution is -2.09. The molecule has 0 bridgehead atoms. The van der Waals surface area contributed by atoms with Gasteiger partial charge >= 0.3 is 0 Å². The third kappa shape index (κ3) is 3.47. The summed E-state index contributed by atoms with van der Waals surface area (Å²) in [5, 5.41) is 12.1. The van der Waals surface area contributed by atoms with Gasteiger partial charge in [0.05, 0.1) is 33.8 Å². The first kappa shape index (κ1) is 20.1. The molecule has 0 unspecified atom stereocenters. The van der Waals surface area contributed by atoms with E-state index in [1.807, 2.05) is 48.3 Å². The van der Waals surface area contributed by atoms with Gasteiger partial charge in [-0.1, -0.05) is 0 Å². The average molecular weight is 450 g/mol. The van der Waals surface area contributed by atoms with E-state index in [1.165, 1.54) is 0 Å². The van der Waals surface area contributed by atoms with Gasteiger partial charge in [0.25, 0.3) is 0 Å². The zero-order valence-electron chi connectivity index (χ0n) is 19.0. The molecular formula is C25H23N9. The SMILES string of the molecule is Cc1cn(-c2nccc3[nH]c(-c4n[nH]c5ccc(-c6cncc(NC(C)C)c6)nc45)cc23)cn1. The summed E-state index contributed by atoms with van der Waals surface area (Å²) in [6.07, 6.45) is 9.18. The lowest BCUT2D eigenvalue weighted by molar-refractivity contribution is 0.898. The van der Waals surface area contributed by atoms with E-state index in [0.717, 1.165) is 61.8 Å². The Morgan fingerprint density at radius 2 is 1.94 bits per heavy atom. The predicted octanol–water partition coefficient (Wildman–Crippen LogP) is 4.88. The van der Waals surface area contributed by atoms with Crippen molar-refractivity contribution >= 4 is 27.6 Å². The van der Waals surface area contributed by atoms with Crippen LogP contribution in [0.15, 0.2) is 61.4 Å². The number of fused-ring (bicyclic) bond motifs is 2. The predicted molar refractivity (Wildman–Crippen MR) is 133 cm³/mol. The number of nitrogens with zero attached hydrogens (tertiary/aromatic N) is 6. The Morgan fingerprint density at radius 3 is 2.76 bits per heavy atom. The first-order valence-electron chi connectivity index (χ1n) is 11.1. The summed E-state index contributed by atoms with van der Waals surface area (Å²) in [6, 6.07) is 10.4. The van der Waals surface area contributed by atoms with Gasteiger partial charge in [-0.25, -0.2) is 15.0 Å². The fraction of sp³-hybridized carbons (Fsp3) is 0.160. The van der Waals surface area contributed by atoms with Gasteiger partial charge in [-0.15, -0.1) is 0 Å². The normalized spacial score (nSPS) is 11.6. The van der Waals surface area contributed by atoms with Crippen molar-refractivity contribution in [2.45, 2.75) is 26.8 Å². The van der Waals surface area contributed by atoms with Gasteiger partial charge in [-0.3, -0.25) is 14.6 Å². The van der Waals surface area contributed by atoms with E-state index in [0.29, 0.717) is 6.04 Å². The molecule has 0 atom stereocenters.